The molecule has 1 aliphatic heterocycles. The molecule has 0 atom stereocenters. The Labute approximate surface area is 173 Å². The Hall–Kier alpha value is -3.81. The molecule has 1 saturated heterocycles. The number of hydrogen-bond acceptors (Lipinski definition) is 6. The molecular formula is C22H21N7O. The first-order chi connectivity index (χ1) is 14.8. The highest BCUT2D eigenvalue weighted by atomic mass is 16.1. The molecule has 0 saturated carbocycles. The summed E-state index contributed by atoms with van der Waals surface area (Å²) in [7, 11) is 0. The maximum atomic E-state index is 12.8. The third-order valence-corrected chi connectivity index (χ3v) is 5.40. The molecule has 0 bridgehead atoms. The number of carbonyl (C=O) groups excluding carboxylic acids is 1. The van der Waals surface area contributed by atoms with Gasteiger partial charge in [-0.25, -0.2) is 9.97 Å². The van der Waals surface area contributed by atoms with E-state index in [1.807, 2.05) is 47.0 Å². The number of nitrogens with zero attached hydrogens (tertiary/aromatic N) is 6. The summed E-state index contributed by atoms with van der Waals surface area (Å²) in [5, 5.41) is 11.2. The van der Waals surface area contributed by atoms with Gasteiger partial charge in [-0.05, 0) is 43.2 Å². The third-order valence-electron chi connectivity index (χ3n) is 5.40. The highest BCUT2D eigenvalue weighted by Gasteiger charge is 2.22. The lowest BCUT2D eigenvalue weighted by Gasteiger charge is -2.32. The molecule has 1 N–H and O–H groups in total. The molecular weight excluding hydrogens is 378 g/mol. The average molecular weight is 399 g/mol. The molecule has 0 unspecified atom stereocenters. The number of imidazole rings is 1. The molecule has 0 aliphatic carbocycles. The number of carbonyl (C=O) groups is 1. The van der Waals surface area contributed by atoms with E-state index >= 15 is 0 Å². The summed E-state index contributed by atoms with van der Waals surface area (Å²) in [6.07, 6.45) is 6.75. The lowest BCUT2D eigenvalue weighted by molar-refractivity contribution is 0.0931. The third kappa shape index (κ3) is 3.59. The summed E-state index contributed by atoms with van der Waals surface area (Å²) in [5.41, 5.74) is 2.94. The standard InChI is InChI=1S/C22H21N7O/c30-22(26-17-8-11-28(12-9-17)20-7-4-10-25-27-20)16-13-19-21(23-14-16)29(15-24-19)18-5-2-1-3-6-18/h1-7,10,13-15,17H,8-9,11-12H2,(H,26,30). The van der Waals surface area contributed by atoms with Crippen LogP contribution < -0.4 is 10.2 Å². The normalized spacial score (nSPS) is 14.7. The van der Waals surface area contributed by atoms with E-state index in [2.05, 4.69) is 30.4 Å². The first kappa shape index (κ1) is 18.2. The Morgan fingerprint density at radius 3 is 2.63 bits per heavy atom. The molecule has 4 heterocycles. The summed E-state index contributed by atoms with van der Waals surface area (Å²) < 4.78 is 1.92. The van der Waals surface area contributed by atoms with E-state index < -0.39 is 0 Å². The van der Waals surface area contributed by atoms with Crippen molar-refractivity contribution in [2.24, 2.45) is 0 Å². The molecule has 1 aliphatic rings. The van der Waals surface area contributed by atoms with E-state index in [1.54, 1.807) is 24.8 Å². The molecule has 8 nitrogen and oxygen atoms in total. The zero-order valence-corrected chi connectivity index (χ0v) is 16.3. The van der Waals surface area contributed by atoms with Crippen LogP contribution in [0.2, 0.25) is 0 Å². The number of nitrogens with one attached hydrogen (secondary N) is 1. The smallest absolute Gasteiger partial charge is 0.253 e. The highest BCUT2D eigenvalue weighted by Crippen LogP contribution is 2.19. The van der Waals surface area contributed by atoms with E-state index in [0.717, 1.165) is 43.1 Å². The summed E-state index contributed by atoms with van der Waals surface area (Å²) in [6, 6.07) is 15.7. The number of benzene rings is 1. The van der Waals surface area contributed by atoms with Crippen molar-refractivity contribution < 1.29 is 4.79 Å². The van der Waals surface area contributed by atoms with Crippen molar-refractivity contribution in [2.45, 2.75) is 18.9 Å². The van der Waals surface area contributed by atoms with Crippen molar-refractivity contribution in [3.05, 3.63) is 72.8 Å². The van der Waals surface area contributed by atoms with Crippen molar-refractivity contribution in [2.75, 3.05) is 18.0 Å². The van der Waals surface area contributed by atoms with Gasteiger partial charge in [-0.3, -0.25) is 9.36 Å². The van der Waals surface area contributed by atoms with E-state index in [1.165, 1.54) is 0 Å². The van der Waals surface area contributed by atoms with Gasteiger partial charge < -0.3 is 10.2 Å². The molecule has 4 aromatic rings. The van der Waals surface area contributed by atoms with Crippen LogP contribution in [0.1, 0.15) is 23.2 Å². The quantitative estimate of drug-likeness (QED) is 0.567. The zero-order valence-electron chi connectivity index (χ0n) is 16.3. The summed E-state index contributed by atoms with van der Waals surface area (Å²) in [4.78, 5) is 23.9. The number of anilines is 1. The highest BCUT2D eigenvalue weighted by molar-refractivity contribution is 5.96. The molecule has 5 rings (SSSR count). The van der Waals surface area contributed by atoms with Crippen LogP contribution >= 0.6 is 0 Å². The molecule has 0 spiro atoms. The molecule has 3 aromatic heterocycles. The Morgan fingerprint density at radius 1 is 1.03 bits per heavy atom. The van der Waals surface area contributed by atoms with Crippen molar-refractivity contribution in [1.29, 1.82) is 0 Å². The number of fused-ring (bicyclic) bond motifs is 1. The van der Waals surface area contributed by atoms with Crippen LogP contribution in [0.25, 0.3) is 16.9 Å². The Bertz CT molecular complexity index is 1150. The molecule has 8 heteroatoms. The number of hydrogen-bond donors (Lipinski definition) is 1. The zero-order chi connectivity index (χ0) is 20.3. The van der Waals surface area contributed by atoms with Crippen molar-refractivity contribution >= 4 is 22.9 Å². The number of pyridine rings is 1. The minimum Gasteiger partial charge on any atom is -0.355 e. The lowest BCUT2D eigenvalue weighted by Crippen LogP contribution is -2.45. The Morgan fingerprint density at radius 2 is 1.87 bits per heavy atom. The predicted molar refractivity (Wildman–Crippen MR) is 114 cm³/mol. The fraction of sp³-hybridized carbons (Fsp3) is 0.227. The van der Waals surface area contributed by atoms with Gasteiger partial charge in [0, 0.05) is 37.2 Å². The first-order valence-electron chi connectivity index (χ1n) is 10.00. The fourth-order valence-corrected chi connectivity index (χ4v) is 3.79. The van der Waals surface area contributed by atoms with Crippen molar-refractivity contribution in [3.8, 4) is 5.69 Å². The van der Waals surface area contributed by atoms with E-state index in [0.29, 0.717) is 11.1 Å². The second-order valence-corrected chi connectivity index (χ2v) is 7.33. The van der Waals surface area contributed by atoms with Crippen LogP contribution in [-0.4, -0.2) is 49.8 Å². The van der Waals surface area contributed by atoms with Gasteiger partial charge in [0.25, 0.3) is 5.91 Å². The minimum atomic E-state index is -0.114. The van der Waals surface area contributed by atoms with Gasteiger partial charge in [0.15, 0.2) is 11.5 Å². The topological polar surface area (TPSA) is 88.8 Å². The van der Waals surface area contributed by atoms with Crippen LogP contribution in [0.3, 0.4) is 0 Å². The summed E-state index contributed by atoms with van der Waals surface area (Å²) >= 11 is 0. The van der Waals surface area contributed by atoms with E-state index in [-0.39, 0.29) is 11.9 Å². The van der Waals surface area contributed by atoms with Gasteiger partial charge in [-0.15, -0.1) is 5.10 Å². The fourth-order valence-electron chi connectivity index (χ4n) is 3.79. The second kappa shape index (κ2) is 7.90. The molecule has 30 heavy (non-hydrogen) atoms. The number of rotatable bonds is 4. The summed E-state index contributed by atoms with van der Waals surface area (Å²) in [5.74, 6) is 0.766. The number of aromatic nitrogens is 5. The van der Waals surface area contributed by atoms with Crippen LogP contribution in [-0.2, 0) is 0 Å². The van der Waals surface area contributed by atoms with Gasteiger partial charge in [0.05, 0.1) is 5.56 Å². The molecule has 1 aromatic carbocycles. The van der Waals surface area contributed by atoms with Gasteiger partial charge in [0.1, 0.15) is 11.8 Å². The van der Waals surface area contributed by atoms with Gasteiger partial charge in [-0.1, -0.05) is 18.2 Å². The largest absolute Gasteiger partial charge is 0.355 e. The second-order valence-electron chi connectivity index (χ2n) is 7.33. The van der Waals surface area contributed by atoms with Gasteiger partial charge in [-0.2, -0.15) is 5.10 Å². The number of amides is 1. The Kier molecular flexibility index (Phi) is 4.80. The van der Waals surface area contributed by atoms with E-state index in [4.69, 9.17) is 0 Å². The van der Waals surface area contributed by atoms with E-state index in [9.17, 15) is 4.79 Å². The molecule has 0 radical (unpaired) electrons. The predicted octanol–water partition coefficient (Wildman–Crippen LogP) is 2.61. The maximum absolute atomic E-state index is 12.8. The first-order valence-corrected chi connectivity index (χ1v) is 10.00. The maximum Gasteiger partial charge on any atom is 0.253 e. The number of para-hydroxylation sites is 1. The SMILES string of the molecule is O=C(NC1CCN(c2cccnn2)CC1)c1cnc2c(c1)ncn2-c1ccccc1. The van der Waals surface area contributed by atoms with Crippen LogP contribution in [0, 0.1) is 0 Å². The van der Waals surface area contributed by atoms with Gasteiger partial charge in [0.2, 0.25) is 0 Å². The summed E-state index contributed by atoms with van der Waals surface area (Å²) in [6.45, 7) is 1.67. The van der Waals surface area contributed by atoms with Crippen LogP contribution in [0.4, 0.5) is 5.82 Å². The van der Waals surface area contributed by atoms with Crippen molar-refractivity contribution in [3.63, 3.8) is 0 Å². The van der Waals surface area contributed by atoms with Crippen LogP contribution in [0.5, 0.6) is 0 Å². The van der Waals surface area contributed by atoms with Gasteiger partial charge >= 0.3 is 0 Å². The average Bonchev–Trinajstić information content (AvgIpc) is 3.24. The lowest BCUT2D eigenvalue weighted by atomic mass is 10.0. The molecule has 1 amide bonds. The molecule has 1 fully saturated rings. The Balaban J connectivity index is 1.26. The minimum absolute atomic E-state index is 0.114. The van der Waals surface area contributed by atoms with Crippen molar-refractivity contribution in [1.82, 2.24) is 30.0 Å². The number of piperidine rings is 1. The monoisotopic (exact) mass is 399 g/mol. The van der Waals surface area contributed by atoms with Crippen LogP contribution in [0.15, 0.2) is 67.3 Å². The molecule has 150 valence electrons.